The molecule has 2 aromatic carbocycles. The van der Waals surface area contributed by atoms with E-state index < -0.39 is 6.10 Å². The first-order valence-corrected chi connectivity index (χ1v) is 8.28. The number of amides is 1. The van der Waals surface area contributed by atoms with E-state index in [4.69, 9.17) is 4.74 Å². The highest BCUT2D eigenvalue weighted by Gasteiger charge is 2.24. The van der Waals surface area contributed by atoms with Gasteiger partial charge in [-0.1, -0.05) is 31.2 Å². The Balaban J connectivity index is 2.05. The number of rotatable bonds is 7. The molecule has 0 aliphatic heterocycles. The average molecular weight is 345 g/mol. The largest absolute Gasteiger partial charge is 0.497 e. The van der Waals surface area contributed by atoms with Crippen LogP contribution in [0.4, 0.5) is 4.39 Å². The maximum Gasteiger partial charge on any atom is 0.229 e. The Kier molecular flexibility index (Phi) is 6.53. The zero-order chi connectivity index (χ0) is 18.4. The molecule has 25 heavy (non-hydrogen) atoms. The predicted octanol–water partition coefficient (Wildman–Crippen LogP) is 3.52. The minimum absolute atomic E-state index is 0.0957. The number of aliphatic hydroxyl groups excluding tert-OH is 1. The molecule has 0 fully saturated rings. The number of likely N-dealkylation sites (N-methyl/N-ethyl adjacent to an activating group) is 1. The third-order valence-corrected chi connectivity index (χ3v) is 4.30. The van der Waals surface area contributed by atoms with E-state index in [1.54, 1.807) is 50.6 Å². The number of hydrogen-bond acceptors (Lipinski definition) is 3. The Morgan fingerprint density at radius 3 is 2.20 bits per heavy atom. The fourth-order valence-electron chi connectivity index (χ4n) is 2.79. The van der Waals surface area contributed by atoms with E-state index in [9.17, 15) is 14.3 Å². The number of carbonyl (C=O) groups excluding carboxylic acids is 1. The van der Waals surface area contributed by atoms with Gasteiger partial charge >= 0.3 is 0 Å². The number of benzene rings is 2. The molecule has 5 heteroatoms. The highest BCUT2D eigenvalue weighted by atomic mass is 19.1. The fourth-order valence-corrected chi connectivity index (χ4v) is 2.79. The summed E-state index contributed by atoms with van der Waals surface area (Å²) in [4.78, 5) is 14.2. The van der Waals surface area contributed by atoms with Crippen LogP contribution >= 0.6 is 0 Å². The maximum absolute atomic E-state index is 13.1. The van der Waals surface area contributed by atoms with E-state index in [0.717, 1.165) is 11.1 Å². The average Bonchev–Trinajstić information content (AvgIpc) is 2.63. The zero-order valence-corrected chi connectivity index (χ0v) is 14.8. The lowest BCUT2D eigenvalue weighted by Gasteiger charge is -2.25. The van der Waals surface area contributed by atoms with E-state index in [-0.39, 0.29) is 24.2 Å². The number of halogens is 1. The molecule has 4 nitrogen and oxygen atoms in total. The van der Waals surface area contributed by atoms with Crippen molar-refractivity contribution in [2.45, 2.75) is 25.4 Å². The van der Waals surface area contributed by atoms with Gasteiger partial charge < -0.3 is 14.7 Å². The van der Waals surface area contributed by atoms with Crippen molar-refractivity contribution in [3.63, 3.8) is 0 Å². The highest BCUT2D eigenvalue weighted by molar-refractivity contribution is 5.83. The van der Waals surface area contributed by atoms with Crippen molar-refractivity contribution in [1.82, 2.24) is 4.90 Å². The Morgan fingerprint density at radius 2 is 1.68 bits per heavy atom. The summed E-state index contributed by atoms with van der Waals surface area (Å²) >= 11 is 0. The van der Waals surface area contributed by atoms with Crippen LogP contribution in [0, 0.1) is 5.82 Å². The molecule has 1 N–H and O–H groups in total. The molecule has 2 unspecified atom stereocenters. The molecule has 0 spiro atoms. The number of ether oxygens (including phenoxy) is 1. The fraction of sp³-hybridized carbons (Fsp3) is 0.350. The van der Waals surface area contributed by atoms with Crippen LogP contribution in [0.2, 0.25) is 0 Å². The second kappa shape index (κ2) is 8.62. The summed E-state index contributed by atoms with van der Waals surface area (Å²) in [7, 11) is 3.25. The second-order valence-electron chi connectivity index (χ2n) is 6.02. The maximum atomic E-state index is 13.1. The molecule has 0 aliphatic carbocycles. The summed E-state index contributed by atoms with van der Waals surface area (Å²) in [5.74, 6) is -0.0626. The molecule has 134 valence electrons. The van der Waals surface area contributed by atoms with Crippen molar-refractivity contribution in [2.24, 2.45) is 0 Å². The van der Waals surface area contributed by atoms with Crippen LogP contribution < -0.4 is 4.74 Å². The molecule has 0 aliphatic rings. The summed E-state index contributed by atoms with van der Waals surface area (Å²) < 4.78 is 18.2. The first kappa shape index (κ1) is 18.9. The summed E-state index contributed by atoms with van der Waals surface area (Å²) in [5, 5.41) is 10.4. The van der Waals surface area contributed by atoms with Crippen molar-refractivity contribution >= 4 is 5.91 Å². The number of carbonyl (C=O) groups is 1. The lowest BCUT2D eigenvalue weighted by atomic mass is 9.95. The number of aliphatic hydroxyl groups is 1. The van der Waals surface area contributed by atoms with Gasteiger partial charge in [0.1, 0.15) is 11.6 Å². The Morgan fingerprint density at radius 1 is 1.12 bits per heavy atom. The van der Waals surface area contributed by atoms with Crippen molar-refractivity contribution in [3.8, 4) is 5.75 Å². The SMILES string of the molecule is CCC(C(=O)N(C)CC(O)c1ccc(OC)cc1)c1ccc(F)cc1. The first-order valence-electron chi connectivity index (χ1n) is 8.28. The van der Waals surface area contributed by atoms with Gasteiger partial charge in [0.2, 0.25) is 5.91 Å². The van der Waals surface area contributed by atoms with Crippen LogP contribution in [0.15, 0.2) is 48.5 Å². The lowest BCUT2D eigenvalue weighted by Crippen LogP contribution is -2.34. The quantitative estimate of drug-likeness (QED) is 0.835. The number of nitrogens with zero attached hydrogens (tertiary/aromatic N) is 1. The molecular weight excluding hydrogens is 321 g/mol. The molecule has 1 amide bonds. The van der Waals surface area contributed by atoms with E-state index in [1.165, 1.54) is 17.0 Å². The summed E-state index contributed by atoms with van der Waals surface area (Å²) in [5.41, 5.74) is 1.50. The van der Waals surface area contributed by atoms with Gasteiger partial charge in [-0.2, -0.15) is 0 Å². The second-order valence-corrected chi connectivity index (χ2v) is 6.02. The molecule has 0 saturated heterocycles. The van der Waals surface area contributed by atoms with E-state index in [1.807, 2.05) is 6.92 Å². The van der Waals surface area contributed by atoms with Crippen LogP contribution in [0.5, 0.6) is 5.75 Å². The summed E-state index contributed by atoms with van der Waals surface area (Å²) in [6.45, 7) is 2.10. The smallest absolute Gasteiger partial charge is 0.229 e. The van der Waals surface area contributed by atoms with Gasteiger partial charge in [0.15, 0.2) is 0 Å². The highest BCUT2D eigenvalue weighted by Crippen LogP contribution is 2.24. The lowest BCUT2D eigenvalue weighted by molar-refractivity contribution is -0.132. The van der Waals surface area contributed by atoms with Gasteiger partial charge in [0.25, 0.3) is 0 Å². The minimum Gasteiger partial charge on any atom is -0.497 e. The molecule has 0 aromatic heterocycles. The first-order chi connectivity index (χ1) is 12.0. The zero-order valence-electron chi connectivity index (χ0n) is 14.8. The van der Waals surface area contributed by atoms with Crippen LogP contribution in [-0.2, 0) is 4.79 Å². The van der Waals surface area contributed by atoms with Gasteiger partial charge in [0, 0.05) is 7.05 Å². The van der Waals surface area contributed by atoms with Gasteiger partial charge in [-0.3, -0.25) is 4.79 Å². The van der Waals surface area contributed by atoms with Crippen molar-refractivity contribution in [3.05, 3.63) is 65.5 Å². The van der Waals surface area contributed by atoms with Crippen LogP contribution in [-0.4, -0.2) is 36.6 Å². The number of methoxy groups -OCH3 is 1. The van der Waals surface area contributed by atoms with Crippen molar-refractivity contribution < 1.29 is 19.0 Å². The molecule has 0 bridgehead atoms. The molecule has 0 radical (unpaired) electrons. The third-order valence-electron chi connectivity index (χ3n) is 4.30. The Hall–Kier alpha value is -2.40. The molecule has 0 heterocycles. The monoisotopic (exact) mass is 345 g/mol. The molecule has 2 rings (SSSR count). The topological polar surface area (TPSA) is 49.8 Å². The van der Waals surface area contributed by atoms with Crippen LogP contribution in [0.1, 0.15) is 36.5 Å². The van der Waals surface area contributed by atoms with E-state index >= 15 is 0 Å². The predicted molar refractivity (Wildman–Crippen MR) is 95.0 cm³/mol. The van der Waals surface area contributed by atoms with Gasteiger partial charge in [0.05, 0.1) is 25.7 Å². The summed E-state index contributed by atoms with van der Waals surface area (Å²) in [6, 6.07) is 13.1. The van der Waals surface area contributed by atoms with Crippen LogP contribution in [0.25, 0.3) is 0 Å². The van der Waals surface area contributed by atoms with Crippen LogP contribution in [0.3, 0.4) is 0 Å². The normalized spacial score (nSPS) is 13.2. The van der Waals surface area contributed by atoms with Crippen molar-refractivity contribution in [2.75, 3.05) is 20.7 Å². The van der Waals surface area contributed by atoms with Gasteiger partial charge in [-0.15, -0.1) is 0 Å². The standard InChI is InChI=1S/C20H24FNO3/c1-4-18(14-5-9-16(21)10-6-14)20(24)22(2)13-19(23)15-7-11-17(25-3)12-8-15/h5-12,18-19,23H,4,13H2,1-3H3. The van der Waals surface area contributed by atoms with Gasteiger partial charge in [-0.25, -0.2) is 4.39 Å². The van der Waals surface area contributed by atoms with E-state index in [2.05, 4.69) is 0 Å². The molecule has 2 atom stereocenters. The molecule has 2 aromatic rings. The van der Waals surface area contributed by atoms with Crippen molar-refractivity contribution in [1.29, 1.82) is 0 Å². The summed E-state index contributed by atoms with van der Waals surface area (Å²) in [6.07, 6.45) is -0.182. The third kappa shape index (κ3) is 4.79. The van der Waals surface area contributed by atoms with Gasteiger partial charge in [-0.05, 0) is 41.8 Å². The number of hydrogen-bond donors (Lipinski definition) is 1. The molecule has 0 saturated carbocycles. The van der Waals surface area contributed by atoms with E-state index in [0.29, 0.717) is 12.2 Å². The minimum atomic E-state index is -0.786. The Bertz CT molecular complexity index is 685. The molecular formula is C20H24FNO3. The Labute approximate surface area is 147 Å².